The average molecular weight is 875 g/mol. The highest BCUT2D eigenvalue weighted by Crippen LogP contribution is 2.22. The van der Waals surface area contributed by atoms with Crippen molar-refractivity contribution in [2.45, 2.75) is 123 Å². The fraction of sp³-hybridized carbons (Fsp3) is 0.471. The summed E-state index contributed by atoms with van der Waals surface area (Å²) in [6, 6.07) is 20.9. The van der Waals surface area contributed by atoms with Crippen molar-refractivity contribution in [3.63, 3.8) is 0 Å². The summed E-state index contributed by atoms with van der Waals surface area (Å²) in [7, 11) is 3.34. The SMILES string of the molecule is C=C(C)C(=O)OC(C)(C)CCCCC=O.C=CC(=O)OCCCCCCOc1ccc(C=O)cc1.COc1ccc(OC(=O)c2ccc(OCCCCCC(C)(C)OC)cc2)cc1. The minimum atomic E-state index is -0.473. The van der Waals surface area contributed by atoms with Crippen LogP contribution in [0.4, 0.5) is 0 Å². The van der Waals surface area contributed by atoms with Gasteiger partial charge < -0.3 is 38.0 Å². The number of rotatable bonds is 28. The van der Waals surface area contributed by atoms with Crippen LogP contribution < -0.4 is 18.9 Å². The molecule has 0 unspecified atom stereocenters. The Balaban J connectivity index is 0.000000499. The van der Waals surface area contributed by atoms with E-state index in [1.54, 1.807) is 93.9 Å². The summed E-state index contributed by atoms with van der Waals surface area (Å²) >= 11 is 0. The third-order valence-corrected chi connectivity index (χ3v) is 9.41. The lowest BCUT2D eigenvalue weighted by Gasteiger charge is -2.25. The average Bonchev–Trinajstić information content (AvgIpc) is 3.28. The number of hydrogen-bond acceptors (Lipinski definition) is 12. The van der Waals surface area contributed by atoms with E-state index >= 15 is 0 Å². The topological polar surface area (TPSA) is 150 Å². The van der Waals surface area contributed by atoms with Crippen molar-refractivity contribution in [2.24, 2.45) is 0 Å². The summed E-state index contributed by atoms with van der Waals surface area (Å²) < 4.78 is 37.3. The molecule has 0 heterocycles. The summed E-state index contributed by atoms with van der Waals surface area (Å²) in [4.78, 5) is 54.8. The quantitative estimate of drug-likeness (QED) is 0.0225. The monoisotopic (exact) mass is 874 g/mol. The zero-order chi connectivity index (χ0) is 46.9. The highest BCUT2D eigenvalue weighted by molar-refractivity contribution is 5.91. The van der Waals surface area contributed by atoms with Crippen LogP contribution in [0.25, 0.3) is 0 Å². The molecule has 0 aliphatic carbocycles. The number of hydrogen-bond donors (Lipinski definition) is 0. The van der Waals surface area contributed by atoms with Gasteiger partial charge in [-0.15, -0.1) is 0 Å². The highest BCUT2D eigenvalue weighted by Gasteiger charge is 2.22. The van der Waals surface area contributed by atoms with E-state index in [0.717, 1.165) is 94.7 Å². The van der Waals surface area contributed by atoms with Gasteiger partial charge in [0.1, 0.15) is 41.2 Å². The lowest BCUT2D eigenvalue weighted by molar-refractivity contribution is -0.152. The number of ether oxygens (including phenoxy) is 7. The summed E-state index contributed by atoms with van der Waals surface area (Å²) in [6.07, 6.45) is 14.0. The maximum atomic E-state index is 12.2. The lowest BCUT2D eigenvalue weighted by atomic mass is 10.0. The summed E-state index contributed by atoms with van der Waals surface area (Å²) in [6.45, 7) is 18.2. The molecule has 0 saturated carbocycles. The van der Waals surface area contributed by atoms with Crippen LogP contribution in [-0.4, -0.2) is 75.7 Å². The zero-order valence-electron chi connectivity index (χ0n) is 38.6. The first-order valence-electron chi connectivity index (χ1n) is 21.5. The first kappa shape index (κ1) is 55.3. The number of unbranched alkanes of at least 4 members (excludes halogenated alkanes) is 7. The summed E-state index contributed by atoms with van der Waals surface area (Å²) in [5.74, 6) is 1.58. The fourth-order valence-electron chi connectivity index (χ4n) is 5.41. The number of carbonyl (C=O) groups is 5. The van der Waals surface area contributed by atoms with Crippen molar-refractivity contribution in [1.82, 2.24) is 0 Å². The molecule has 0 radical (unpaired) electrons. The van der Waals surface area contributed by atoms with Gasteiger partial charge in [0.25, 0.3) is 0 Å². The molecule has 63 heavy (non-hydrogen) atoms. The van der Waals surface area contributed by atoms with Gasteiger partial charge in [0.05, 0.1) is 38.1 Å². The van der Waals surface area contributed by atoms with Crippen LogP contribution in [0, 0.1) is 0 Å². The van der Waals surface area contributed by atoms with E-state index in [2.05, 4.69) is 27.0 Å². The number of methoxy groups -OCH3 is 2. The second-order valence-electron chi connectivity index (χ2n) is 15.9. The van der Waals surface area contributed by atoms with Crippen LogP contribution in [0.5, 0.6) is 23.0 Å². The van der Waals surface area contributed by atoms with Crippen LogP contribution in [-0.2, 0) is 28.6 Å². The van der Waals surface area contributed by atoms with E-state index in [1.807, 2.05) is 13.8 Å². The molecule has 0 aliphatic heterocycles. The van der Waals surface area contributed by atoms with E-state index in [1.165, 1.54) is 6.08 Å². The van der Waals surface area contributed by atoms with E-state index in [0.29, 0.717) is 54.4 Å². The molecule has 3 aromatic rings. The maximum absolute atomic E-state index is 12.2. The molecular weight excluding hydrogens is 805 g/mol. The van der Waals surface area contributed by atoms with Crippen molar-refractivity contribution >= 4 is 30.5 Å². The molecule has 0 saturated heterocycles. The fourth-order valence-corrected chi connectivity index (χ4v) is 5.41. The van der Waals surface area contributed by atoms with Gasteiger partial charge in [0, 0.05) is 30.7 Å². The van der Waals surface area contributed by atoms with Gasteiger partial charge >= 0.3 is 17.9 Å². The normalized spacial score (nSPS) is 10.7. The van der Waals surface area contributed by atoms with Crippen molar-refractivity contribution in [3.8, 4) is 23.0 Å². The largest absolute Gasteiger partial charge is 0.497 e. The molecule has 3 aromatic carbocycles. The van der Waals surface area contributed by atoms with E-state index < -0.39 is 11.6 Å². The molecule has 0 spiro atoms. The molecule has 12 nitrogen and oxygen atoms in total. The van der Waals surface area contributed by atoms with Crippen molar-refractivity contribution in [1.29, 1.82) is 0 Å². The van der Waals surface area contributed by atoms with Crippen LogP contribution in [0.3, 0.4) is 0 Å². The molecule has 0 aliphatic rings. The summed E-state index contributed by atoms with van der Waals surface area (Å²) in [5.41, 5.74) is 1.00. The zero-order valence-corrected chi connectivity index (χ0v) is 38.6. The minimum absolute atomic E-state index is 0.0584. The van der Waals surface area contributed by atoms with E-state index in [9.17, 15) is 24.0 Å². The van der Waals surface area contributed by atoms with Gasteiger partial charge in [-0.2, -0.15) is 0 Å². The molecule has 0 amide bonds. The molecular formula is C51H70O12. The Morgan fingerprint density at radius 3 is 1.62 bits per heavy atom. The van der Waals surface area contributed by atoms with Crippen LogP contribution in [0.15, 0.2) is 97.6 Å². The van der Waals surface area contributed by atoms with Gasteiger partial charge in [0.2, 0.25) is 0 Å². The predicted molar refractivity (Wildman–Crippen MR) is 246 cm³/mol. The number of esters is 3. The first-order valence-corrected chi connectivity index (χ1v) is 21.5. The van der Waals surface area contributed by atoms with Gasteiger partial charge in [-0.3, -0.25) is 4.79 Å². The molecule has 0 atom stereocenters. The van der Waals surface area contributed by atoms with Crippen LogP contribution in [0.2, 0.25) is 0 Å². The standard InChI is InChI=1S/C23H30O5.C16H20O4.C12H20O3/c1-23(2,26-4)16-6-5-7-17-27-20-10-8-18(9-11-20)22(24)28-21-14-12-19(25-3)13-15-21;1-2-16(18)20-12-6-4-3-5-11-19-15-9-7-14(13-17)8-10-15;1-10(2)11(14)15-12(3,4)8-6-5-7-9-13/h8-15H,5-7,16-17H2,1-4H3;2,7-10,13H,1,3-6,11-12H2;9H,1,5-8H2,2-4H3. The van der Waals surface area contributed by atoms with Gasteiger partial charge in [-0.25, -0.2) is 14.4 Å². The van der Waals surface area contributed by atoms with Crippen molar-refractivity contribution in [2.75, 3.05) is 34.0 Å². The second kappa shape index (κ2) is 32.0. The Kier molecular flexibility index (Phi) is 28.1. The smallest absolute Gasteiger partial charge is 0.343 e. The molecule has 0 aromatic heterocycles. The molecule has 12 heteroatoms. The van der Waals surface area contributed by atoms with E-state index in [4.69, 9.17) is 33.2 Å². The van der Waals surface area contributed by atoms with Crippen molar-refractivity contribution < 1.29 is 57.1 Å². The summed E-state index contributed by atoms with van der Waals surface area (Å²) in [5, 5.41) is 0. The first-order chi connectivity index (χ1) is 30.1. The Morgan fingerprint density at radius 1 is 0.619 bits per heavy atom. The third kappa shape index (κ3) is 27.0. The Hall–Kier alpha value is -5.75. The predicted octanol–water partition coefficient (Wildman–Crippen LogP) is 11.1. The maximum Gasteiger partial charge on any atom is 0.343 e. The Bertz CT molecular complexity index is 1780. The van der Waals surface area contributed by atoms with Crippen molar-refractivity contribution in [3.05, 3.63) is 109 Å². The third-order valence-electron chi connectivity index (χ3n) is 9.41. The minimum Gasteiger partial charge on any atom is -0.497 e. The number of aldehydes is 2. The van der Waals surface area contributed by atoms with Gasteiger partial charge in [-0.05, 0) is 172 Å². The highest BCUT2D eigenvalue weighted by atomic mass is 16.6. The Labute approximate surface area is 375 Å². The number of benzene rings is 3. The van der Waals surface area contributed by atoms with Gasteiger partial charge in [0.15, 0.2) is 0 Å². The van der Waals surface area contributed by atoms with E-state index in [-0.39, 0.29) is 17.5 Å². The lowest BCUT2D eigenvalue weighted by Crippen LogP contribution is -2.28. The molecule has 3 rings (SSSR count). The van der Waals surface area contributed by atoms with Crippen LogP contribution >= 0.6 is 0 Å². The second-order valence-corrected chi connectivity index (χ2v) is 15.9. The van der Waals surface area contributed by atoms with Gasteiger partial charge in [-0.1, -0.05) is 19.6 Å². The Morgan fingerprint density at radius 2 is 1.11 bits per heavy atom. The molecule has 0 fully saturated rings. The molecule has 346 valence electrons. The molecule has 0 N–H and O–H groups in total. The number of carbonyl (C=O) groups excluding carboxylic acids is 5. The molecule has 0 bridgehead atoms. The van der Waals surface area contributed by atoms with Crippen LogP contribution in [0.1, 0.15) is 132 Å².